The van der Waals surface area contributed by atoms with Crippen molar-refractivity contribution < 1.29 is 9.13 Å². The van der Waals surface area contributed by atoms with E-state index in [1.807, 2.05) is 12.1 Å². The van der Waals surface area contributed by atoms with Crippen LogP contribution >= 0.6 is 15.9 Å². The Hall–Kier alpha value is -0.490. The molecule has 0 aliphatic carbocycles. The first kappa shape index (κ1) is 15.9. The summed E-state index contributed by atoms with van der Waals surface area (Å²) in [5.74, 6) is 0.429. The average molecular weight is 345 g/mol. The van der Waals surface area contributed by atoms with Crippen molar-refractivity contribution in [3.63, 3.8) is 0 Å². The third-order valence-corrected chi connectivity index (χ3v) is 4.53. The molecule has 1 aliphatic rings. The number of ether oxygens (including phenoxy) is 1. The average Bonchev–Trinajstić information content (AvgIpc) is 2.44. The fourth-order valence-electron chi connectivity index (χ4n) is 2.91. The summed E-state index contributed by atoms with van der Waals surface area (Å²) < 4.78 is 20.1. The van der Waals surface area contributed by atoms with Gasteiger partial charge in [0, 0.05) is 36.3 Å². The molecule has 0 amide bonds. The van der Waals surface area contributed by atoms with E-state index in [9.17, 15) is 4.39 Å². The van der Waals surface area contributed by atoms with Gasteiger partial charge < -0.3 is 10.5 Å². The van der Waals surface area contributed by atoms with Crippen LogP contribution in [0.5, 0.6) is 0 Å². The zero-order valence-electron chi connectivity index (χ0n) is 11.8. The fourth-order valence-corrected chi connectivity index (χ4v) is 3.24. The quantitative estimate of drug-likeness (QED) is 0.892. The number of hydrogen-bond donors (Lipinski definition) is 1. The van der Waals surface area contributed by atoms with Gasteiger partial charge in [-0.2, -0.15) is 0 Å². The molecule has 20 heavy (non-hydrogen) atoms. The van der Waals surface area contributed by atoms with Gasteiger partial charge in [0.25, 0.3) is 0 Å². The van der Waals surface area contributed by atoms with Crippen molar-refractivity contribution in [2.24, 2.45) is 11.7 Å². The predicted molar refractivity (Wildman–Crippen MR) is 82.1 cm³/mol. The molecule has 1 atom stereocenters. The lowest BCUT2D eigenvalue weighted by molar-refractivity contribution is 0.0802. The smallest absolute Gasteiger partial charge is 0.129 e. The molecule has 0 saturated carbocycles. The number of likely N-dealkylation sites (tertiary alicyclic amines) is 1. The van der Waals surface area contributed by atoms with E-state index in [0.717, 1.165) is 37.0 Å². The normalized spacial score (nSPS) is 19.2. The molecule has 1 aromatic rings. The number of nitrogens with two attached hydrogens (primary N) is 1. The van der Waals surface area contributed by atoms with Crippen LogP contribution in [0.3, 0.4) is 0 Å². The Bertz CT molecular complexity index is 436. The second-order valence-corrected chi connectivity index (χ2v) is 6.27. The number of benzene rings is 1. The standard InChI is InChI=1S/C15H22BrFN2O/c1-20-10-11-4-6-19(7-5-11)15(9-18)13-3-2-12(16)8-14(13)17/h2-3,8,11,15H,4-7,9-10,18H2,1H3. The second-order valence-electron chi connectivity index (χ2n) is 5.35. The SMILES string of the molecule is COCC1CCN(C(CN)c2ccc(Br)cc2F)CC1. The molecular weight excluding hydrogens is 323 g/mol. The summed E-state index contributed by atoms with van der Waals surface area (Å²) in [4.78, 5) is 2.29. The van der Waals surface area contributed by atoms with E-state index in [2.05, 4.69) is 20.8 Å². The third-order valence-electron chi connectivity index (χ3n) is 4.04. The van der Waals surface area contributed by atoms with Gasteiger partial charge in [0.2, 0.25) is 0 Å². The molecule has 2 rings (SSSR count). The predicted octanol–water partition coefficient (Wildman–Crippen LogP) is 2.95. The van der Waals surface area contributed by atoms with Gasteiger partial charge in [0.05, 0.1) is 0 Å². The van der Waals surface area contributed by atoms with Crippen LogP contribution < -0.4 is 5.73 Å². The summed E-state index contributed by atoms with van der Waals surface area (Å²) in [6, 6.07) is 5.18. The van der Waals surface area contributed by atoms with Crippen LogP contribution in [0.1, 0.15) is 24.4 Å². The molecular formula is C15H22BrFN2O. The van der Waals surface area contributed by atoms with Crippen molar-refractivity contribution in [1.29, 1.82) is 0 Å². The second kappa shape index (κ2) is 7.50. The number of halogens is 2. The Morgan fingerprint density at radius 1 is 1.45 bits per heavy atom. The van der Waals surface area contributed by atoms with Crippen LogP contribution in [0.4, 0.5) is 4.39 Å². The number of hydrogen-bond acceptors (Lipinski definition) is 3. The minimum atomic E-state index is -0.186. The highest BCUT2D eigenvalue weighted by atomic mass is 79.9. The maximum absolute atomic E-state index is 14.1. The van der Waals surface area contributed by atoms with E-state index in [-0.39, 0.29) is 11.9 Å². The summed E-state index contributed by atoms with van der Waals surface area (Å²) in [5.41, 5.74) is 6.59. The zero-order chi connectivity index (χ0) is 14.5. The monoisotopic (exact) mass is 344 g/mol. The molecule has 1 saturated heterocycles. The number of nitrogens with zero attached hydrogens (tertiary/aromatic N) is 1. The number of rotatable bonds is 5. The van der Waals surface area contributed by atoms with Crippen LogP contribution in [0.25, 0.3) is 0 Å². The van der Waals surface area contributed by atoms with Crippen molar-refractivity contribution in [2.75, 3.05) is 33.4 Å². The minimum Gasteiger partial charge on any atom is -0.384 e. The largest absolute Gasteiger partial charge is 0.384 e. The Morgan fingerprint density at radius 3 is 2.70 bits per heavy atom. The Morgan fingerprint density at radius 2 is 2.15 bits per heavy atom. The van der Waals surface area contributed by atoms with Gasteiger partial charge in [-0.15, -0.1) is 0 Å². The summed E-state index contributed by atoms with van der Waals surface area (Å²) in [6.45, 7) is 3.15. The lowest BCUT2D eigenvalue weighted by Crippen LogP contribution is -2.40. The molecule has 1 heterocycles. The van der Waals surface area contributed by atoms with E-state index >= 15 is 0 Å². The van der Waals surface area contributed by atoms with Crippen LogP contribution in [0, 0.1) is 11.7 Å². The maximum Gasteiger partial charge on any atom is 0.129 e. The molecule has 3 nitrogen and oxygen atoms in total. The van der Waals surface area contributed by atoms with Crippen LogP contribution in [0.15, 0.2) is 22.7 Å². The molecule has 1 fully saturated rings. The van der Waals surface area contributed by atoms with Gasteiger partial charge in [-0.25, -0.2) is 4.39 Å². The topological polar surface area (TPSA) is 38.5 Å². The first-order chi connectivity index (χ1) is 9.65. The van der Waals surface area contributed by atoms with Gasteiger partial charge in [-0.3, -0.25) is 4.90 Å². The van der Waals surface area contributed by atoms with Crippen molar-refractivity contribution in [3.05, 3.63) is 34.1 Å². The molecule has 1 unspecified atom stereocenters. The summed E-state index contributed by atoms with van der Waals surface area (Å²) >= 11 is 3.29. The van der Waals surface area contributed by atoms with E-state index < -0.39 is 0 Å². The fraction of sp³-hybridized carbons (Fsp3) is 0.600. The van der Waals surface area contributed by atoms with Gasteiger partial charge in [-0.1, -0.05) is 22.0 Å². The Balaban J connectivity index is 2.05. The Kier molecular flexibility index (Phi) is 5.96. The van der Waals surface area contributed by atoms with Crippen molar-refractivity contribution in [3.8, 4) is 0 Å². The van der Waals surface area contributed by atoms with E-state index in [0.29, 0.717) is 18.0 Å². The highest BCUT2D eigenvalue weighted by Gasteiger charge is 2.26. The summed E-state index contributed by atoms with van der Waals surface area (Å²) in [6.07, 6.45) is 2.17. The van der Waals surface area contributed by atoms with Crippen molar-refractivity contribution in [1.82, 2.24) is 4.90 Å². The molecule has 112 valence electrons. The molecule has 0 aromatic heterocycles. The lowest BCUT2D eigenvalue weighted by Gasteiger charge is -2.37. The van der Waals surface area contributed by atoms with E-state index in [1.165, 1.54) is 6.07 Å². The lowest BCUT2D eigenvalue weighted by atomic mass is 9.94. The molecule has 0 spiro atoms. The summed E-state index contributed by atoms with van der Waals surface area (Å²) in [5, 5.41) is 0. The van der Waals surface area contributed by atoms with Gasteiger partial charge in [-0.05, 0) is 44.0 Å². The van der Waals surface area contributed by atoms with Crippen LogP contribution in [0.2, 0.25) is 0 Å². The molecule has 5 heteroatoms. The van der Waals surface area contributed by atoms with Crippen LogP contribution in [-0.4, -0.2) is 38.3 Å². The van der Waals surface area contributed by atoms with Gasteiger partial charge >= 0.3 is 0 Å². The van der Waals surface area contributed by atoms with Crippen LogP contribution in [-0.2, 0) is 4.74 Å². The Labute approximate surface area is 128 Å². The first-order valence-corrected chi connectivity index (χ1v) is 7.83. The van der Waals surface area contributed by atoms with E-state index in [4.69, 9.17) is 10.5 Å². The van der Waals surface area contributed by atoms with Gasteiger partial charge in [0.15, 0.2) is 0 Å². The highest BCUT2D eigenvalue weighted by Crippen LogP contribution is 2.29. The molecule has 0 bridgehead atoms. The third kappa shape index (κ3) is 3.79. The van der Waals surface area contributed by atoms with Crippen molar-refractivity contribution >= 4 is 15.9 Å². The minimum absolute atomic E-state index is 0.0356. The van der Waals surface area contributed by atoms with E-state index in [1.54, 1.807) is 7.11 Å². The number of methoxy groups -OCH3 is 1. The summed E-state index contributed by atoms with van der Waals surface area (Å²) in [7, 11) is 1.74. The molecule has 1 aliphatic heterocycles. The van der Waals surface area contributed by atoms with Gasteiger partial charge in [0.1, 0.15) is 5.82 Å². The molecule has 1 aromatic carbocycles. The number of piperidine rings is 1. The maximum atomic E-state index is 14.1. The zero-order valence-corrected chi connectivity index (χ0v) is 13.4. The van der Waals surface area contributed by atoms with Crippen molar-refractivity contribution in [2.45, 2.75) is 18.9 Å². The first-order valence-electron chi connectivity index (χ1n) is 7.03. The molecule has 0 radical (unpaired) electrons. The molecule has 2 N–H and O–H groups in total. The highest BCUT2D eigenvalue weighted by molar-refractivity contribution is 9.10.